The summed E-state index contributed by atoms with van der Waals surface area (Å²) < 4.78 is 30.8. The lowest BCUT2D eigenvalue weighted by Crippen LogP contribution is -2.40. The number of nitrogens with one attached hydrogen (secondary N) is 2. The second-order valence-electron chi connectivity index (χ2n) is 3.08. The molecule has 11 heteroatoms. The van der Waals surface area contributed by atoms with Crippen LogP contribution in [-0.2, 0) is 21.5 Å². The molecule has 0 aliphatic rings. The number of carbonyl (C=O) groups is 2. The van der Waals surface area contributed by atoms with Crippen LogP contribution in [0.5, 0.6) is 0 Å². The van der Waals surface area contributed by atoms with E-state index >= 15 is 0 Å². The zero-order chi connectivity index (χ0) is 14.5. The van der Waals surface area contributed by atoms with Crippen molar-refractivity contribution in [3.63, 3.8) is 0 Å². The lowest BCUT2D eigenvalue weighted by atomic mass is 10.5. The van der Waals surface area contributed by atoms with Crippen molar-refractivity contribution >= 4 is 33.6 Å². The molecule has 1 amide bonds. The Bertz CT molecular complexity index is 567. The first-order chi connectivity index (χ1) is 8.84. The number of amides is 1. The first-order valence-electron chi connectivity index (χ1n) is 4.96. The minimum atomic E-state index is -4.07. The highest BCUT2D eigenvalue weighted by atomic mass is 32.2. The molecule has 9 nitrogen and oxygen atoms in total. The zero-order valence-corrected chi connectivity index (χ0v) is 11.4. The fraction of sp³-hybridized carbons (Fsp3) is 0.375. The molecule has 3 N–H and O–H groups in total. The maximum absolute atomic E-state index is 11.4. The van der Waals surface area contributed by atoms with Crippen LogP contribution in [0.25, 0.3) is 0 Å². The Morgan fingerprint density at radius 1 is 1.53 bits per heavy atom. The van der Waals surface area contributed by atoms with Gasteiger partial charge in [-0.15, -0.1) is 11.3 Å². The number of carbonyl (C=O) groups excluding carboxylic acids is 1. The number of carboxylic acids is 1. The van der Waals surface area contributed by atoms with Gasteiger partial charge in [0, 0.05) is 5.38 Å². The summed E-state index contributed by atoms with van der Waals surface area (Å²) >= 11 is 0.985. The highest BCUT2D eigenvalue weighted by Crippen LogP contribution is 2.09. The Balaban J connectivity index is 2.55. The van der Waals surface area contributed by atoms with Gasteiger partial charge >= 0.3 is 22.3 Å². The smallest absolute Gasteiger partial charge is 0.421 e. The van der Waals surface area contributed by atoms with Crippen molar-refractivity contribution in [1.29, 1.82) is 0 Å². The van der Waals surface area contributed by atoms with Gasteiger partial charge in [-0.3, -0.25) is 0 Å². The van der Waals surface area contributed by atoms with Gasteiger partial charge in [0.15, 0.2) is 5.69 Å². The number of nitrogens with zero attached hydrogens (tertiary/aromatic N) is 1. The summed E-state index contributed by atoms with van der Waals surface area (Å²) in [5.74, 6) is -1.20. The van der Waals surface area contributed by atoms with Crippen LogP contribution in [0.1, 0.15) is 22.4 Å². The van der Waals surface area contributed by atoms with Gasteiger partial charge in [0.2, 0.25) is 0 Å². The van der Waals surface area contributed by atoms with Crippen LogP contribution in [0, 0.1) is 0 Å². The Labute approximate surface area is 112 Å². The third-order valence-corrected chi connectivity index (χ3v) is 3.49. The fourth-order valence-corrected chi connectivity index (χ4v) is 2.43. The standard InChI is InChI=1S/C8H11N3O6S2/c1-2-17-8(14)11-19(15,16)9-3-6-10-5(4-18-6)7(12)13/h4,9H,2-3H2,1H3,(H,11,14)(H,12,13). The van der Waals surface area contributed by atoms with Crippen molar-refractivity contribution in [3.05, 3.63) is 16.1 Å². The van der Waals surface area contributed by atoms with Crippen LogP contribution in [0.4, 0.5) is 4.79 Å². The number of rotatable bonds is 6. The minimum Gasteiger partial charge on any atom is -0.476 e. The van der Waals surface area contributed by atoms with Crippen LogP contribution in [0.15, 0.2) is 5.38 Å². The summed E-state index contributed by atoms with van der Waals surface area (Å²) in [6, 6.07) is 0. The topological polar surface area (TPSA) is 135 Å². The molecule has 0 spiro atoms. The van der Waals surface area contributed by atoms with Crippen LogP contribution in [-0.4, -0.2) is 37.2 Å². The van der Waals surface area contributed by atoms with E-state index in [1.54, 1.807) is 4.72 Å². The second kappa shape index (κ2) is 6.45. The third kappa shape index (κ3) is 5.19. The lowest BCUT2D eigenvalue weighted by Gasteiger charge is -2.06. The van der Waals surface area contributed by atoms with E-state index in [1.165, 1.54) is 12.3 Å². The normalized spacial score (nSPS) is 11.0. The molecule has 106 valence electrons. The van der Waals surface area contributed by atoms with E-state index in [9.17, 15) is 18.0 Å². The number of carboxylic acid groups (broad SMARTS) is 1. The molecular formula is C8H11N3O6S2. The van der Waals surface area contributed by atoms with E-state index in [2.05, 4.69) is 9.72 Å². The van der Waals surface area contributed by atoms with Gasteiger partial charge in [0.05, 0.1) is 13.2 Å². The first kappa shape index (κ1) is 15.3. The molecule has 0 aliphatic carbocycles. The summed E-state index contributed by atoms with van der Waals surface area (Å²) in [4.78, 5) is 25.2. The number of thiazole rings is 1. The summed E-state index contributed by atoms with van der Waals surface area (Å²) in [7, 11) is -4.07. The third-order valence-electron chi connectivity index (χ3n) is 1.68. The molecule has 0 saturated carbocycles. The maximum Gasteiger partial charge on any atom is 0.421 e. The number of aromatic carboxylic acids is 1. The highest BCUT2D eigenvalue weighted by molar-refractivity contribution is 7.88. The van der Waals surface area contributed by atoms with E-state index in [4.69, 9.17) is 5.11 Å². The van der Waals surface area contributed by atoms with Crippen LogP contribution in [0.2, 0.25) is 0 Å². The molecule has 0 radical (unpaired) electrons. The Kier molecular flexibility index (Phi) is 5.20. The van der Waals surface area contributed by atoms with Crippen LogP contribution >= 0.6 is 11.3 Å². The second-order valence-corrected chi connectivity index (χ2v) is 5.52. The molecule has 0 saturated heterocycles. The van der Waals surface area contributed by atoms with Crippen molar-refractivity contribution in [2.45, 2.75) is 13.5 Å². The number of hydrogen-bond acceptors (Lipinski definition) is 7. The molecule has 0 unspecified atom stereocenters. The zero-order valence-electron chi connectivity index (χ0n) is 9.74. The van der Waals surface area contributed by atoms with Crippen molar-refractivity contribution in [2.75, 3.05) is 6.61 Å². The van der Waals surface area contributed by atoms with Crippen molar-refractivity contribution < 1.29 is 27.9 Å². The quantitative estimate of drug-likeness (QED) is 0.669. The predicted molar refractivity (Wildman–Crippen MR) is 65.0 cm³/mol. The van der Waals surface area contributed by atoms with Gasteiger partial charge in [-0.1, -0.05) is 0 Å². The van der Waals surface area contributed by atoms with Gasteiger partial charge in [-0.25, -0.2) is 19.3 Å². The monoisotopic (exact) mass is 309 g/mol. The minimum absolute atomic E-state index is 0.0375. The Morgan fingerprint density at radius 2 is 2.21 bits per heavy atom. The van der Waals surface area contributed by atoms with Crippen LogP contribution in [0.3, 0.4) is 0 Å². The van der Waals surface area contributed by atoms with Gasteiger partial charge in [0.25, 0.3) is 0 Å². The predicted octanol–water partition coefficient (Wildman–Crippen LogP) is -0.0782. The molecule has 1 heterocycles. The molecule has 1 rings (SSSR count). The summed E-state index contributed by atoms with van der Waals surface area (Å²) in [6.45, 7) is 1.34. The summed E-state index contributed by atoms with van der Waals surface area (Å²) in [5, 5.41) is 10.2. The van der Waals surface area contributed by atoms with Gasteiger partial charge in [-0.05, 0) is 6.92 Å². The van der Waals surface area contributed by atoms with E-state index in [0.717, 1.165) is 11.3 Å². The Morgan fingerprint density at radius 3 is 2.74 bits per heavy atom. The first-order valence-corrected chi connectivity index (χ1v) is 7.32. The lowest BCUT2D eigenvalue weighted by molar-refractivity contribution is 0.0691. The van der Waals surface area contributed by atoms with E-state index in [-0.39, 0.29) is 23.9 Å². The molecular weight excluding hydrogens is 298 g/mol. The summed E-state index contributed by atoms with van der Waals surface area (Å²) in [6.07, 6.45) is -1.10. The van der Waals surface area contributed by atoms with Gasteiger partial charge in [-0.2, -0.15) is 13.1 Å². The molecule has 1 aromatic heterocycles. The largest absolute Gasteiger partial charge is 0.476 e. The molecule has 0 bridgehead atoms. The van der Waals surface area contributed by atoms with Crippen LogP contribution < -0.4 is 9.44 Å². The molecule has 19 heavy (non-hydrogen) atoms. The van der Waals surface area contributed by atoms with Crippen molar-refractivity contribution in [1.82, 2.24) is 14.4 Å². The maximum atomic E-state index is 11.4. The van der Waals surface area contributed by atoms with Crippen molar-refractivity contribution in [2.24, 2.45) is 0 Å². The number of ether oxygens (including phenoxy) is 1. The molecule has 0 fully saturated rings. The van der Waals surface area contributed by atoms with E-state index in [1.807, 2.05) is 4.72 Å². The number of hydrogen-bond donors (Lipinski definition) is 3. The SMILES string of the molecule is CCOC(=O)NS(=O)(=O)NCc1nc(C(=O)O)cs1. The van der Waals surface area contributed by atoms with Crippen molar-refractivity contribution in [3.8, 4) is 0 Å². The van der Waals surface area contributed by atoms with E-state index < -0.39 is 22.3 Å². The molecule has 0 aliphatic heterocycles. The average molecular weight is 309 g/mol. The molecule has 0 aromatic carbocycles. The van der Waals surface area contributed by atoms with Gasteiger partial charge < -0.3 is 9.84 Å². The Hall–Kier alpha value is -1.72. The molecule has 1 aromatic rings. The average Bonchev–Trinajstić information content (AvgIpc) is 2.74. The fourth-order valence-electron chi connectivity index (χ4n) is 0.953. The van der Waals surface area contributed by atoms with E-state index in [0.29, 0.717) is 0 Å². The number of aromatic nitrogens is 1. The highest BCUT2D eigenvalue weighted by Gasteiger charge is 2.16. The summed E-state index contributed by atoms with van der Waals surface area (Å²) in [5.41, 5.74) is -0.169. The molecule has 0 atom stereocenters. The van der Waals surface area contributed by atoms with Gasteiger partial charge in [0.1, 0.15) is 5.01 Å².